The van der Waals surface area contributed by atoms with E-state index in [1.54, 1.807) is 4.90 Å². The first-order chi connectivity index (χ1) is 14.4. The van der Waals surface area contributed by atoms with Gasteiger partial charge in [-0.15, -0.1) is 0 Å². The van der Waals surface area contributed by atoms with E-state index in [1.165, 1.54) is 0 Å². The molecular weight excluding hydrogens is 384 g/mol. The largest absolute Gasteiger partial charge is 0.330 e. The molecule has 0 aromatic rings. The molecule has 3 fully saturated rings. The summed E-state index contributed by atoms with van der Waals surface area (Å²) in [5, 5.41) is 13.2. The van der Waals surface area contributed by atoms with Gasteiger partial charge < -0.3 is 10.2 Å². The number of nitrogens with one attached hydrogen (secondary N) is 1. The van der Waals surface area contributed by atoms with Gasteiger partial charge in [0.25, 0.3) is 0 Å². The molecule has 2 aliphatic heterocycles. The second-order valence-electron chi connectivity index (χ2n) is 9.68. The van der Waals surface area contributed by atoms with Crippen molar-refractivity contribution in [3.63, 3.8) is 0 Å². The Kier molecular flexibility index (Phi) is 5.95. The van der Waals surface area contributed by atoms with Crippen molar-refractivity contribution in [2.75, 3.05) is 19.6 Å². The van der Waals surface area contributed by atoms with Crippen LogP contribution in [0.1, 0.15) is 58.3 Å². The average molecular weight is 417 g/mol. The van der Waals surface area contributed by atoms with Crippen molar-refractivity contribution >= 4 is 24.1 Å². The van der Waals surface area contributed by atoms with Gasteiger partial charge in [-0.25, -0.2) is 5.06 Å². The van der Waals surface area contributed by atoms with E-state index >= 15 is 0 Å². The molecule has 164 valence electrons. The molecule has 4 aliphatic rings. The van der Waals surface area contributed by atoms with Crippen molar-refractivity contribution in [1.82, 2.24) is 15.3 Å². The summed E-state index contributed by atoms with van der Waals surface area (Å²) in [6.07, 6.45) is 10.1. The molecule has 2 atom stereocenters. The van der Waals surface area contributed by atoms with E-state index in [0.717, 1.165) is 44.1 Å². The third-order valence-corrected chi connectivity index (χ3v) is 7.16. The van der Waals surface area contributed by atoms with Gasteiger partial charge in [0.1, 0.15) is 11.9 Å². The summed E-state index contributed by atoms with van der Waals surface area (Å²) in [5.74, 6) is 0.203. The normalized spacial score (nSPS) is 25.8. The highest BCUT2D eigenvalue weighted by Crippen LogP contribution is 2.55. The lowest BCUT2D eigenvalue weighted by Gasteiger charge is -2.30. The Morgan fingerprint density at radius 2 is 2.13 bits per heavy atom. The highest BCUT2D eigenvalue weighted by molar-refractivity contribution is 6.07. The van der Waals surface area contributed by atoms with E-state index in [4.69, 9.17) is 0 Å². The maximum absolute atomic E-state index is 13.6. The third-order valence-electron chi connectivity index (χ3n) is 7.16. The molecule has 1 saturated heterocycles. The maximum Gasteiger partial charge on any atom is 0.248 e. The zero-order valence-electron chi connectivity index (χ0n) is 17.7. The molecule has 8 heteroatoms. The van der Waals surface area contributed by atoms with E-state index < -0.39 is 12.0 Å². The molecule has 2 aliphatic carbocycles. The van der Waals surface area contributed by atoms with Gasteiger partial charge in [0.2, 0.25) is 18.2 Å². The molecule has 2 N–H and O–H groups in total. The molecule has 0 unspecified atom stereocenters. The topological polar surface area (TPSA) is 102 Å². The number of amidine groups is 1. The van der Waals surface area contributed by atoms with Crippen molar-refractivity contribution < 1.29 is 19.6 Å². The SMILES string of the molecule is CC1=CC(NC(=O)[C@@H]2CC3(CC3)CN2C(=O)[C@H](CC2CCCC2)CN(O)C=O)=NC1. The minimum atomic E-state index is -0.522. The summed E-state index contributed by atoms with van der Waals surface area (Å²) < 4.78 is 0. The van der Waals surface area contributed by atoms with Crippen LogP contribution < -0.4 is 5.32 Å². The fraction of sp³-hybridized carbons (Fsp3) is 0.727. The lowest BCUT2D eigenvalue weighted by molar-refractivity contribution is -0.158. The van der Waals surface area contributed by atoms with Crippen LogP contribution in [-0.4, -0.2) is 64.9 Å². The fourth-order valence-electron chi connectivity index (χ4n) is 5.29. The average Bonchev–Trinajstić information content (AvgIpc) is 3.08. The predicted molar refractivity (Wildman–Crippen MR) is 111 cm³/mol. The van der Waals surface area contributed by atoms with Gasteiger partial charge in [0, 0.05) is 6.54 Å². The Labute approximate surface area is 177 Å². The Hall–Kier alpha value is -2.22. The summed E-state index contributed by atoms with van der Waals surface area (Å²) in [5.41, 5.74) is 1.15. The molecule has 0 aromatic heterocycles. The fourth-order valence-corrected chi connectivity index (χ4v) is 5.29. The molecule has 4 rings (SSSR count). The molecule has 2 saturated carbocycles. The van der Waals surface area contributed by atoms with Crippen molar-refractivity contribution in [2.45, 2.75) is 64.3 Å². The third kappa shape index (κ3) is 4.58. The Morgan fingerprint density at radius 1 is 1.40 bits per heavy atom. The van der Waals surface area contributed by atoms with Gasteiger partial charge >= 0.3 is 0 Å². The van der Waals surface area contributed by atoms with Crippen molar-refractivity contribution in [3.05, 3.63) is 11.6 Å². The van der Waals surface area contributed by atoms with Crippen LogP contribution in [0.25, 0.3) is 0 Å². The van der Waals surface area contributed by atoms with Crippen molar-refractivity contribution in [1.29, 1.82) is 0 Å². The molecule has 8 nitrogen and oxygen atoms in total. The van der Waals surface area contributed by atoms with Crippen molar-refractivity contribution in [3.8, 4) is 0 Å². The molecular formula is C22H32N4O4. The van der Waals surface area contributed by atoms with Crippen molar-refractivity contribution in [2.24, 2.45) is 22.2 Å². The summed E-state index contributed by atoms with van der Waals surface area (Å²) >= 11 is 0. The van der Waals surface area contributed by atoms with Crippen LogP contribution in [-0.2, 0) is 14.4 Å². The van der Waals surface area contributed by atoms with Crippen LogP contribution in [0, 0.1) is 17.3 Å². The number of hydrogen-bond acceptors (Lipinski definition) is 5. The van der Waals surface area contributed by atoms with Crippen LogP contribution in [0.2, 0.25) is 0 Å². The van der Waals surface area contributed by atoms with Gasteiger partial charge in [0.05, 0.1) is 19.0 Å². The molecule has 3 amide bonds. The molecule has 1 spiro atoms. The van der Waals surface area contributed by atoms with Crippen LogP contribution in [0.3, 0.4) is 0 Å². The monoisotopic (exact) mass is 416 g/mol. The second kappa shape index (κ2) is 8.49. The lowest BCUT2D eigenvalue weighted by Crippen LogP contribution is -2.50. The molecule has 0 aromatic carbocycles. The van der Waals surface area contributed by atoms with Gasteiger partial charge in [-0.2, -0.15) is 0 Å². The lowest BCUT2D eigenvalue weighted by atomic mass is 9.91. The first-order valence-corrected chi connectivity index (χ1v) is 11.1. The molecule has 0 radical (unpaired) electrons. The summed E-state index contributed by atoms with van der Waals surface area (Å²) in [7, 11) is 0. The first-order valence-electron chi connectivity index (χ1n) is 11.1. The summed E-state index contributed by atoms with van der Waals surface area (Å²) in [6, 6.07) is -0.522. The van der Waals surface area contributed by atoms with E-state index in [2.05, 4.69) is 10.3 Å². The minimum absolute atomic E-state index is 0.0225. The van der Waals surface area contributed by atoms with Gasteiger partial charge in [-0.1, -0.05) is 25.7 Å². The van der Waals surface area contributed by atoms with E-state index in [9.17, 15) is 19.6 Å². The number of nitrogens with zero attached hydrogens (tertiary/aromatic N) is 3. The molecule has 2 heterocycles. The number of hydrogen-bond donors (Lipinski definition) is 2. The van der Waals surface area contributed by atoms with Crippen LogP contribution in [0.15, 0.2) is 16.6 Å². The quantitative estimate of drug-likeness (QED) is 0.376. The summed E-state index contributed by atoms with van der Waals surface area (Å²) in [6.45, 7) is 3.12. The van der Waals surface area contributed by atoms with Crippen LogP contribution in [0.5, 0.6) is 0 Å². The highest BCUT2D eigenvalue weighted by atomic mass is 16.5. The highest BCUT2D eigenvalue weighted by Gasteiger charge is 2.56. The van der Waals surface area contributed by atoms with Crippen LogP contribution in [0.4, 0.5) is 0 Å². The Balaban J connectivity index is 1.49. The van der Waals surface area contributed by atoms with Gasteiger partial charge in [-0.05, 0) is 55.6 Å². The smallest absolute Gasteiger partial charge is 0.248 e. The Morgan fingerprint density at radius 3 is 2.73 bits per heavy atom. The predicted octanol–water partition coefficient (Wildman–Crippen LogP) is 1.89. The summed E-state index contributed by atoms with van der Waals surface area (Å²) in [4.78, 5) is 43.6. The molecule has 0 bridgehead atoms. The van der Waals surface area contributed by atoms with Gasteiger partial charge in [-0.3, -0.25) is 24.6 Å². The number of likely N-dealkylation sites (tertiary alicyclic amines) is 1. The minimum Gasteiger partial charge on any atom is -0.330 e. The number of aliphatic imine (C=N–C) groups is 1. The number of carbonyl (C=O) groups excluding carboxylic acids is 3. The molecule has 30 heavy (non-hydrogen) atoms. The number of hydroxylamine groups is 2. The number of carbonyl (C=O) groups is 3. The van der Waals surface area contributed by atoms with E-state index in [0.29, 0.717) is 49.2 Å². The maximum atomic E-state index is 13.6. The Bertz CT molecular complexity index is 767. The second-order valence-corrected chi connectivity index (χ2v) is 9.68. The standard InChI is InChI=1S/C22H32N4O4/c1-15-8-19(23-11-15)24-20(28)18-10-22(6-7-22)13-26(18)21(29)17(12-25(30)14-27)9-16-4-2-3-5-16/h8,14,16-18,30H,2-7,9-13H2,1H3,(H,23,24,28)/t17-,18+/m1/s1. The van der Waals surface area contributed by atoms with E-state index in [-0.39, 0.29) is 23.8 Å². The number of rotatable bonds is 7. The van der Waals surface area contributed by atoms with Gasteiger partial charge in [0.15, 0.2) is 0 Å². The zero-order valence-corrected chi connectivity index (χ0v) is 17.7. The van der Waals surface area contributed by atoms with E-state index in [1.807, 2.05) is 13.0 Å². The van der Waals surface area contributed by atoms with Crippen LogP contribution >= 0.6 is 0 Å². The zero-order chi connectivity index (χ0) is 21.3. The number of amides is 3. The first kappa shape index (κ1) is 21.0.